The summed E-state index contributed by atoms with van der Waals surface area (Å²) in [5.74, 6) is -0.795. The number of carboxylic acid groups (broad SMARTS) is 1. The maximum atomic E-state index is 12.0. The second-order valence-electron chi connectivity index (χ2n) is 4.66. The van der Waals surface area contributed by atoms with Gasteiger partial charge in [-0.05, 0) is 43.5 Å². The fraction of sp³-hybridized carbons (Fsp3) is 0.429. The second kappa shape index (κ2) is 5.21. The minimum Gasteiger partial charge on any atom is -0.478 e. The molecule has 0 saturated carbocycles. The average molecular weight is 247 g/mol. The van der Waals surface area contributed by atoms with Crippen LogP contribution in [0.15, 0.2) is 18.2 Å². The van der Waals surface area contributed by atoms with Gasteiger partial charge in [0.15, 0.2) is 0 Å². The standard InChI is InChI=1S/C14H17NO3/c1-10-9-11(6-7-12(10)14(17)18)15-8-4-2-3-5-13(15)16/h6-7,9H,2-5,8H2,1H3,(H,17,18). The molecule has 0 aromatic heterocycles. The summed E-state index contributed by atoms with van der Waals surface area (Å²) in [5, 5.41) is 8.98. The summed E-state index contributed by atoms with van der Waals surface area (Å²) < 4.78 is 0. The molecule has 0 aliphatic carbocycles. The topological polar surface area (TPSA) is 57.6 Å². The Morgan fingerprint density at radius 1 is 1.28 bits per heavy atom. The van der Waals surface area contributed by atoms with Gasteiger partial charge in [-0.3, -0.25) is 4.79 Å². The molecular formula is C14H17NO3. The van der Waals surface area contributed by atoms with E-state index in [1.54, 1.807) is 30.0 Å². The van der Waals surface area contributed by atoms with E-state index in [1.807, 2.05) is 0 Å². The number of carbonyl (C=O) groups is 2. The number of carboxylic acids is 1. The molecule has 1 aliphatic rings. The molecular weight excluding hydrogens is 230 g/mol. The molecule has 4 nitrogen and oxygen atoms in total. The third-order valence-corrected chi connectivity index (χ3v) is 3.33. The molecule has 18 heavy (non-hydrogen) atoms. The summed E-state index contributed by atoms with van der Waals surface area (Å²) in [5.41, 5.74) is 1.79. The lowest BCUT2D eigenvalue weighted by Gasteiger charge is -2.21. The first-order valence-corrected chi connectivity index (χ1v) is 6.24. The van der Waals surface area contributed by atoms with Crippen molar-refractivity contribution in [1.82, 2.24) is 0 Å². The Hall–Kier alpha value is -1.84. The first-order valence-electron chi connectivity index (χ1n) is 6.24. The maximum absolute atomic E-state index is 12.0. The quantitative estimate of drug-likeness (QED) is 0.873. The van der Waals surface area contributed by atoms with Crippen LogP contribution in [-0.4, -0.2) is 23.5 Å². The molecule has 96 valence electrons. The summed E-state index contributed by atoms with van der Waals surface area (Å²) in [4.78, 5) is 24.7. The number of aryl methyl sites for hydroxylation is 1. The Morgan fingerprint density at radius 2 is 2.06 bits per heavy atom. The monoisotopic (exact) mass is 247 g/mol. The van der Waals surface area contributed by atoms with Crippen molar-refractivity contribution in [2.75, 3.05) is 11.4 Å². The van der Waals surface area contributed by atoms with Crippen molar-refractivity contribution in [3.8, 4) is 0 Å². The summed E-state index contributed by atoms with van der Waals surface area (Å²) in [7, 11) is 0. The van der Waals surface area contributed by atoms with E-state index in [0.717, 1.165) is 31.5 Å². The van der Waals surface area contributed by atoms with E-state index in [0.29, 0.717) is 17.5 Å². The molecule has 1 saturated heterocycles. The highest BCUT2D eigenvalue weighted by molar-refractivity contribution is 5.95. The van der Waals surface area contributed by atoms with E-state index in [2.05, 4.69) is 0 Å². The largest absolute Gasteiger partial charge is 0.478 e. The Morgan fingerprint density at radius 3 is 2.72 bits per heavy atom. The molecule has 1 aromatic carbocycles. The van der Waals surface area contributed by atoms with E-state index < -0.39 is 5.97 Å². The van der Waals surface area contributed by atoms with Crippen molar-refractivity contribution in [2.24, 2.45) is 0 Å². The van der Waals surface area contributed by atoms with E-state index in [1.165, 1.54) is 0 Å². The highest BCUT2D eigenvalue weighted by Gasteiger charge is 2.19. The van der Waals surface area contributed by atoms with Crippen LogP contribution in [0.5, 0.6) is 0 Å². The van der Waals surface area contributed by atoms with Gasteiger partial charge in [0.05, 0.1) is 5.56 Å². The predicted octanol–water partition coefficient (Wildman–Crippen LogP) is 2.60. The normalized spacial score (nSPS) is 16.5. The Kier molecular flexibility index (Phi) is 3.65. The van der Waals surface area contributed by atoms with Crippen LogP contribution in [-0.2, 0) is 4.79 Å². The van der Waals surface area contributed by atoms with Gasteiger partial charge in [-0.15, -0.1) is 0 Å². The average Bonchev–Trinajstić information content (AvgIpc) is 2.53. The molecule has 1 amide bonds. The van der Waals surface area contributed by atoms with Gasteiger partial charge >= 0.3 is 5.97 Å². The number of nitrogens with zero attached hydrogens (tertiary/aromatic N) is 1. The molecule has 1 fully saturated rings. The molecule has 1 N–H and O–H groups in total. The molecule has 1 aromatic rings. The first-order chi connectivity index (χ1) is 8.59. The van der Waals surface area contributed by atoms with Crippen LogP contribution in [0.2, 0.25) is 0 Å². The molecule has 1 heterocycles. The van der Waals surface area contributed by atoms with Crippen molar-refractivity contribution in [1.29, 1.82) is 0 Å². The minimum atomic E-state index is -0.929. The second-order valence-corrected chi connectivity index (χ2v) is 4.66. The van der Waals surface area contributed by atoms with Crippen LogP contribution in [0, 0.1) is 6.92 Å². The van der Waals surface area contributed by atoms with Crippen LogP contribution in [0.4, 0.5) is 5.69 Å². The maximum Gasteiger partial charge on any atom is 0.335 e. The van der Waals surface area contributed by atoms with Crippen LogP contribution < -0.4 is 4.90 Å². The van der Waals surface area contributed by atoms with Gasteiger partial charge < -0.3 is 10.0 Å². The van der Waals surface area contributed by atoms with E-state index in [9.17, 15) is 9.59 Å². The number of carbonyl (C=O) groups excluding carboxylic acids is 1. The number of anilines is 1. The van der Waals surface area contributed by atoms with Crippen molar-refractivity contribution < 1.29 is 14.7 Å². The van der Waals surface area contributed by atoms with E-state index in [-0.39, 0.29) is 5.91 Å². The van der Waals surface area contributed by atoms with Gasteiger partial charge in [-0.25, -0.2) is 4.79 Å². The smallest absolute Gasteiger partial charge is 0.335 e. The van der Waals surface area contributed by atoms with Gasteiger partial charge in [0.2, 0.25) is 5.91 Å². The van der Waals surface area contributed by atoms with Gasteiger partial charge in [-0.2, -0.15) is 0 Å². The van der Waals surface area contributed by atoms with Crippen molar-refractivity contribution in [3.05, 3.63) is 29.3 Å². The lowest BCUT2D eigenvalue weighted by atomic mass is 10.1. The molecule has 0 unspecified atom stereocenters. The molecule has 4 heteroatoms. The Balaban J connectivity index is 2.30. The van der Waals surface area contributed by atoms with Gasteiger partial charge in [0.1, 0.15) is 0 Å². The summed E-state index contributed by atoms with van der Waals surface area (Å²) in [6.45, 7) is 2.49. The molecule has 1 aliphatic heterocycles. The predicted molar refractivity (Wildman–Crippen MR) is 69.0 cm³/mol. The van der Waals surface area contributed by atoms with E-state index >= 15 is 0 Å². The SMILES string of the molecule is Cc1cc(N2CCCCCC2=O)ccc1C(=O)O. The zero-order valence-corrected chi connectivity index (χ0v) is 10.5. The van der Waals surface area contributed by atoms with E-state index in [4.69, 9.17) is 5.11 Å². The summed E-state index contributed by atoms with van der Waals surface area (Å²) >= 11 is 0. The Bertz CT molecular complexity index is 482. The molecule has 2 rings (SSSR count). The number of hydrogen-bond acceptors (Lipinski definition) is 2. The highest BCUT2D eigenvalue weighted by Crippen LogP contribution is 2.23. The van der Waals surface area contributed by atoms with Gasteiger partial charge in [0, 0.05) is 18.7 Å². The van der Waals surface area contributed by atoms with Crippen molar-refractivity contribution in [2.45, 2.75) is 32.6 Å². The Labute approximate surface area is 106 Å². The summed E-state index contributed by atoms with van der Waals surface area (Å²) in [6.07, 6.45) is 3.61. The number of aromatic carboxylic acids is 1. The van der Waals surface area contributed by atoms with Gasteiger partial charge in [0.25, 0.3) is 0 Å². The lowest BCUT2D eigenvalue weighted by molar-refractivity contribution is -0.118. The van der Waals surface area contributed by atoms with Gasteiger partial charge in [-0.1, -0.05) is 6.42 Å². The first kappa shape index (κ1) is 12.6. The number of amides is 1. The van der Waals surface area contributed by atoms with Crippen molar-refractivity contribution >= 4 is 17.6 Å². The van der Waals surface area contributed by atoms with Crippen molar-refractivity contribution in [3.63, 3.8) is 0 Å². The van der Waals surface area contributed by atoms with Crippen LogP contribution in [0.25, 0.3) is 0 Å². The fourth-order valence-electron chi connectivity index (χ4n) is 2.31. The van der Waals surface area contributed by atoms with Crippen LogP contribution >= 0.6 is 0 Å². The molecule has 0 atom stereocenters. The molecule has 0 radical (unpaired) electrons. The highest BCUT2D eigenvalue weighted by atomic mass is 16.4. The third-order valence-electron chi connectivity index (χ3n) is 3.33. The molecule has 0 bridgehead atoms. The number of rotatable bonds is 2. The summed E-state index contributed by atoms with van der Waals surface area (Å²) in [6, 6.07) is 5.08. The zero-order valence-electron chi connectivity index (χ0n) is 10.5. The lowest BCUT2D eigenvalue weighted by Crippen LogP contribution is -2.30. The zero-order chi connectivity index (χ0) is 13.1. The number of hydrogen-bond donors (Lipinski definition) is 1. The van der Waals surface area contributed by atoms with Crippen LogP contribution in [0.1, 0.15) is 41.6 Å². The van der Waals surface area contributed by atoms with Crippen LogP contribution in [0.3, 0.4) is 0 Å². The fourth-order valence-corrected chi connectivity index (χ4v) is 2.31. The minimum absolute atomic E-state index is 0.134. The molecule has 0 spiro atoms. The number of benzene rings is 1. The third kappa shape index (κ3) is 2.53.